The Kier molecular flexibility index (Phi) is 5.29. The summed E-state index contributed by atoms with van der Waals surface area (Å²) in [7, 11) is 3.33. The second kappa shape index (κ2) is 6.50. The van der Waals surface area contributed by atoms with Crippen molar-refractivity contribution in [3.63, 3.8) is 0 Å². The first-order valence-corrected chi connectivity index (χ1v) is 6.12. The minimum atomic E-state index is 0.453. The van der Waals surface area contributed by atoms with E-state index < -0.39 is 0 Å². The molecule has 0 amide bonds. The van der Waals surface area contributed by atoms with Crippen molar-refractivity contribution in [2.24, 2.45) is 5.73 Å². The number of benzene rings is 1. The van der Waals surface area contributed by atoms with Crippen LogP contribution in [0.25, 0.3) is 0 Å². The summed E-state index contributed by atoms with van der Waals surface area (Å²) < 4.78 is 10.7. The van der Waals surface area contributed by atoms with Crippen LogP contribution in [0.2, 0.25) is 0 Å². The lowest BCUT2D eigenvalue weighted by atomic mass is 9.91. The number of hydrogen-bond acceptors (Lipinski definition) is 3. The molecule has 1 aromatic carbocycles. The molecule has 0 aromatic heterocycles. The van der Waals surface area contributed by atoms with E-state index in [9.17, 15) is 0 Å². The topological polar surface area (TPSA) is 44.5 Å². The van der Waals surface area contributed by atoms with Crippen LogP contribution in [-0.4, -0.2) is 20.8 Å². The maximum atomic E-state index is 5.63. The Labute approximate surface area is 104 Å². The summed E-state index contributed by atoms with van der Waals surface area (Å²) in [6, 6.07) is 4.15. The Bertz CT molecular complexity index is 363. The molecule has 0 spiro atoms. The van der Waals surface area contributed by atoms with Crippen molar-refractivity contribution in [1.82, 2.24) is 0 Å². The Balaban J connectivity index is 3.18. The third kappa shape index (κ3) is 3.13. The van der Waals surface area contributed by atoms with Crippen molar-refractivity contribution in [2.45, 2.75) is 32.6 Å². The van der Waals surface area contributed by atoms with Crippen molar-refractivity contribution in [1.29, 1.82) is 0 Å². The van der Waals surface area contributed by atoms with Crippen molar-refractivity contribution in [2.75, 3.05) is 20.8 Å². The molecule has 3 heteroatoms. The van der Waals surface area contributed by atoms with Gasteiger partial charge in [0.15, 0.2) is 11.5 Å². The summed E-state index contributed by atoms with van der Waals surface area (Å²) in [6.45, 7) is 5.06. The van der Waals surface area contributed by atoms with E-state index in [2.05, 4.69) is 26.0 Å². The zero-order chi connectivity index (χ0) is 12.8. The van der Waals surface area contributed by atoms with Crippen LogP contribution in [0.3, 0.4) is 0 Å². The van der Waals surface area contributed by atoms with Gasteiger partial charge in [0.05, 0.1) is 14.2 Å². The molecule has 0 aliphatic carbocycles. The SMILES string of the molecule is CCc1cc(OC)c(OC)cc1C(C)CCN. The third-order valence-corrected chi connectivity index (χ3v) is 3.16. The molecule has 0 saturated carbocycles. The van der Waals surface area contributed by atoms with Gasteiger partial charge in [0.1, 0.15) is 0 Å². The number of hydrogen-bond donors (Lipinski definition) is 1. The molecule has 1 rings (SSSR count). The number of nitrogens with two attached hydrogens (primary N) is 1. The van der Waals surface area contributed by atoms with Gasteiger partial charge in [-0.1, -0.05) is 13.8 Å². The fourth-order valence-electron chi connectivity index (χ4n) is 2.11. The van der Waals surface area contributed by atoms with Gasteiger partial charge in [-0.25, -0.2) is 0 Å². The van der Waals surface area contributed by atoms with Crippen LogP contribution in [-0.2, 0) is 6.42 Å². The van der Waals surface area contributed by atoms with Crippen LogP contribution in [0.4, 0.5) is 0 Å². The number of rotatable bonds is 6. The van der Waals surface area contributed by atoms with E-state index in [0.29, 0.717) is 12.5 Å². The van der Waals surface area contributed by atoms with Gasteiger partial charge >= 0.3 is 0 Å². The van der Waals surface area contributed by atoms with E-state index in [1.165, 1.54) is 11.1 Å². The first-order valence-electron chi connectivity index (χ1n) is 6.12. The van der Waals surface area contributed by atoms with Gasteiger partial charge in [-0.2, -0.15) is 0 Å². The molecule has 1 unspecified atom stereocenters. The van der Waals surface area contributed by atoms with Gasteiger partial charge in [0.2, 0.25) is 0 Å². The molecule has 17 heavy (non-hydrogen) atoms. The van der Waals surface area contributed by atoms with Gasteiger partial charge in [-0.05, 0) is 48.6 Å². The fourth-order valence-corrected chi connectivity index (χ4v) is 2.11. The van der Waals surface area contributed by atoms with Crippen molar-refractivity contribution >= 4 is 0 Å². The van der Waals surface area contributed by atoms with Gasteiger partial charge in [0, 0.05) is 0 Å². The third-order valence-electron chi connectivity index (χ3n) is 3.16. The van der Waals surface area contributed by atoms with E-state index in [-0.39, 0.29) is 0 Å². The predicted molar refractivity (Wildman–Crippen MR) is 71.0 cm³/mol. The lowest BCUT2D eigenvalue weighted by Crippen LogP contribution is -2.07. The van der Waals surface area contributed by atoms with Gasteiger partial charge in [0.25, 0.3) is 0 Å². The van der Waals surface area contributed by atoms with Gasteiger partial charge in [-0.15, -0.1) is 0 Å². The molecule has 0 aliphatic rings. The van der Waals surface area contributed by atoms with E-state index >= 15 is 0 Å². The lowest BCUT2D eigenvalue weighted by Gasteiger charge is -2.18. The average Bonchev–Trinajstić information content (AvgIpc) is 2.37. The molecular formula is C14H23NO2. The van der Waals surface area contributed by atoms with Crippen LogP contribution in [0.15, 0.2) is 12.1 Å². The van der Waals surface area contributed by atoms with Crippen LogP contribution >= 0.6 is 0 Å². The molecule has 96 valence electrons. The summed E-state index contributed by atoms with van der Waals surface area (Å²) in [6.07, 6.45) is 1.98. The Morgan fingerprint density at radius 3 is 2.24 bits per heavy atom. The highest BCUT2D eigenvalue weighted by molar-refractivity contribution is 5.48. The molecule has 0 radical (unpaired) electrons. The van der Waals surface area contributed by atoms with E-state index in [0.717, 1.165) is 24.3 Å². The average molecular weight is 237 g/mol. The lowest BCUT2D eigenvalue weighted by molar-refractivity contribution is 0.353. The summed E-state index contributed by atoms with van der Waals surface area (Å²) >= 11 is 0. The highest BCUT2D eigenvalue weighted by Crippen LogP contribution is 2.34. The van der Waals surface area contributed by atoms with Gasteiger partial charge in [-0.3, -0.25) is 0 Å². The van der Waals surface area contributed by atoms with Crippen molar-refractivity contribution < 1.29 is 9.47 Å². The zero-order valence-corrected chi connectivity index (χ0v) is 11.2. The summed E-state index contributed by atoms with van der Waals surface area (Å²) in [5.41, 5.74) is 8.25. The molecule has 3 nitrogen and oxygen atoms in total. The molecule has 0 fully saturated rings. The molecule has 0 aliphatic heterocycles. The van der Waals surface area contributed by atoms with Gasteiger partial charge < -0.3 is 15.2 Å². The highest BCUT2D eigenvalue weighted by atomic mass is 16.5. The number of aryl methyl sites for hydroxylation is 1. The van der Waals surface area contributed by atoms with E-state index in [1.807, 2.05) is 0 Å². The Hall–Kier alpha value is -1.22. The monoisotopic (exact) mass is 237 g/mol. The molecule has 0 bridgehead atoms. The van der Waals surface area contributed by atoms with Crippen LogP contribution in [0, 0.1) is 0 Å². The highest BCUT2D eigenvalue weighted by Gasteiger charge is 2.14. The molecular weight excluding hydrogens is 214 g/mol. The minimum absolute atomic E-state index is 0.453. The molecule has 0 saturated heterocycles. The second-order valence-electron chi connectivity index (χ2n) is 4.24. The maximum Gasteiger partial charge on any atom is 0.161 e. The predicted octanol–water partition coefficient (Wildman–Crippen LogP) is 2.72. The summed E-state index contributed by atoms with van der Waals surface area (Å²) in [4.78, 5) is 0. The first-order chi connectivity index (χ1) is 8.17. The van der Waals surface area contributed by atoms with Crippen LogP contribution in [0.5, 0.6) is 11.5 Å². The quantitative estimate of drug-likeness (QED) is 0.827. The normalized spacial score (nSPS) is 12.3. The van der Waals surface area contributed by atoms with Crippen LogP contribution < -0.4 is 15.2 Å². The standard InChI is InChI=1S/C14H23NO2/c1-5-11-8-13(16-3)14(17-4)9-12(11)10(2)6-7-15/h8-10H,5-7,15H2,1-4H3. The Morgan fingerprint density at radius 2 is 1.76 bits per heavy atom. The summed E-state index contributed by atoms with van der Waals surface area (Å²) in [5, 5.41) is 0. The summed E-state index contributed by atoms with van der Waals surface area (Å²) in [5.74, 6) is 2.05. The second-order valence-corrected chi connectivity index (χ2v) is 4.24. The molecule has 1 atom stereocenters. The molecule has 2 N–H and O–H groups in total. The Morgan fingerprint density at radius 1 is 1.18 bits per heavy atom. The molecule has 0 heterocycles. The number of ether oxygens (including phenoxy) is 2. The van der Waals surface area contributed by atoms with E-state index in [4.69, 9.17) is 15.2 Å². The smallest absolute Gasteiger partial charge is 0.161 e. The minimum Gasteiger partial charge on any atom is -0.493 e. The van der Waals surface area contributed by atoms with Crippen LogP contribution in [0.1, 0.15) is 37.3 Å². The number of methoxy groups -OCH3 is 2. The fraction of sp³-hybridized carbons (Fsp3) is 0.571. The van der Waals surface area contributed by atoms with Crippen molar-refractivity contribution in [3.05, 3.63) is 23.3 Å². The maximum absolute atomic E-state index is 5.63. The van der Waals surface area contributed by atoms with Crippen molar-refractivity contribution in [3.8, 4) is 11.5 Å². The zero-order valence-electron chi connectivity index (χ0n) is 11.2. The largest absolute Gasteiger partial charge is 0.493 e. The van der Waals surface area contributed by atoms with E-state index in [1.54, 1.807) is 14.2 Å². The first kappa shape index (κ1) is 13.8. The molecule has 1 aromatic rings.